The minimum absolute atomic E-state index is 0.471. The van der Waals surface area contributed by atoms with Gasteiger partial charge >= 0.3 is 0 Å². The second-order valence-electron chi connectivity index (χ2n) is 4.38. The van der Waals surface area contributed by atoms with Crippen LogP contribution in [0.2, 0.25) is 5.02 Å². The highest BCUT2D eigenvalue weighted by molar-refractivity contribution is 6.30. The number of halogens is 1. The van der Waals surface area contributed by atoms with Crippen molar-refractivity contribution in [3.05, 3.63) is 28.8 Å². The predicted molar refractivity (Wildman–Crippen MR) is 62.8 cm³/mol. The van der Waals surface area contributed by atoms with Crippen LogP contribution in [0.1, 0.15) is 30.7 Å². The first-order chi connectivity index (χ1) is 7.25. The summed E-state index contributed by atoms with van der Waals surface area (Å²) in [5, 5.41) is 0.738. The molecule has 0 aromatic heterocycles. The van der Waals surface area contributed by atoms with Crippen molar-refractivity contribution in [3.63, 3.8) is 0 Å². The van der Waals surface area contributed by atoms with Gasteiger partial charge in [-0.2, -0.15) is 0 Å². The largest absolute Gasteiger partial charge is 0.387 e. The molecule has 0 saturated heterocycles. The first kappa shape index (κ1) is 9.22. The molecule has 0 bridgehead atoms. The Hall–Kier alpha value is -1.02. The summed E-state index contributed by atoms with van der Waals surface area (Å²) in [4.78, 5) is 4.46. The van der Waals surface area contributed by atoms with E-state index in [4.69, 9.17) is 17.3 Å². The second kappa shape index (κ2) is 3.24. The molecule has 3 rings (SSSR count). The molecule has 2 unspecified atom stereocenters. The maximum atomic E-state index is 5.99. The van der Waals surface area contributed by atoms with Crippen LogP contribution >= 0.6 is 11.6 Å². The van der Waals surface area contributed by atoms with Crippen LogP contribution in [-0.4, -0.2) is 5.84 Å². The van der Waals surface area contributed by atoms with Gasteiger partial charge in [0.1, 0.15) is 5.84 Å². The van der Waals surface area contributed by atoms with Crippen molar-refractivity contribution in [2.24, 2.45) is 16.6 Å². The topological polar surface area (TPSA) is 38.4 Å². The van der Waals surface area contributed by atoms with Gasteiger partial charge in [-0.3, -0.25) is 0 Å². The maximum Gasteiger partial charge on any atom is 0.103 e. The molecule has 0 spiro atoms. The Balaban J connectivity index is 2.16. The quantitative estimate of drug-likeness (QED) is 0.716. The lowest BCUT2D eigenvalue weighted by molar-refractivity contribution is 0.610. The van der Waals surface area contributed by atoms with Gasteiger partial charge < -0.3 is 5.73 Å². The number of nitrogens with two attached hydrogens (primary N) is 1. The van der Waals surface area contributed by atoms with Crippen molar-refractivity contribution in [2.75, 3.05) is 0 Å². The number of benzene rings is 1. The van der Waals surface area contributed by atoms with Crippen molar-refractivity contribution in [3.8, 4) is 0 Å². The minimum Gasteiger partial charge on any atom is -0.387 e. The fraction of sp³-hybridized carbons (Fsp3) is 0.417. The molecule has 1 aromatic carbocycles. The Morgan fingerprint density at radius 2 is 2.07 bits per heavy atom. The first-order valence-electron chi connectivity index (χ1n) is 5.39. The first-order valence-corrected chi connectivity index (χ1v) is 5.77. The molecule has 1 fully saturated rings. The third-order valence-corrected chi connectivity index (χ3v) is 3.77. The Kier molecular flexibility index (Phi) is 1.99. The van der Waals surface area contributed by atoms with Crippen LogP contribution in [-0.2, 0) is 0 Å². The van der Waals surface area contributed by atoms with E-state index in [1.807, 2.05) is 12.1 Å². The zero-order valence-corrected chi connectivity index (χ0v) is 9.17. The van der Waals surface area contributed by atoms with Crippen LogP contribution in [0.4, 0.5) is 5.69 Å². The molecule has 2 N–H and O–H groups in total. The fourth-order valence-corrected chi connectivity index (χ4v) is 3.00. The monoisotopic (exact) mass is 220 g/mol. The van der Waals surface area contributed by atoms with Crippen LogP contribution in [0.5, 0.6) is 0 Å². The summed E-state index contributed by atoms with van der Waals surface area (Å²) in [7, 11) is 0. The van der Waals surface area contributed by atoms with Crippen molar-refractivity contribution in [1.29, 1.82) is 0 Å². The van der Waals surface area contributed by atoms with Gasteiger partial charge in [-0.1, -0.05) is 24.1 Å². The predicted octanol–water partition coefficient (Wildman–Crippen LogP) is 3.23. The molecule has 15 heavy (non-hydrogen) atoms. The Bertz CT molecular complexity index is 439. The molecule has 0 amide bonds. The molecule has 1 aliphatic heterocycles. The normalized spacial score (nSPS) is 28.2. The highest BCUT2D eigenvalue weighted by atomic mass is 35.5. The van der Waals surface area contributed by atoms with Crippen molar-refractivity contribution in [2.45, 2.75) is 25.2 Å². The van der Waals surface area contributed by atoms with Crippen molar-refractivity contribution < 1.29 is 0 Å². The van der Waals surface area contributed by atoms with Crippen LogP contribution in [0, 0.1) is 5.92 Å². The zero-order chi connectivity index (χ0) is 10.4. The van der Waals surface area contributed by atoms with Crippen molar-refractivity contribution in [1.82, 2.24) is 0 Å². The molecule has 2 aliphatic rings. The number of nitrogens with zero attached hydrogens (tertiary/aromatic N) is 1. The van der Waals surface area contributed by atoms with E-state index in [1.165, 1.54) is 24.8 Å². The highest BCUT2D eigenvalue weighted by Crippen LogP contribution is 2.46. The SMILES string of the molecule is NC1=Nc2cc(Cl)ccc2C2CCCC12. The summed E-state index contributed by atoms with van der Waals surface area (Å²) in [6, 6.07) is 5.97. The third-order valence-electron chi connectivity index (χ3n) is 3.54. The Morgan fingerprint density at radius 3 is 2.93 bits per heavy atom. The van der Waals surface area contributed by atoms with Gasteiger partial charge in [0.25, 0.3) is 0 Å². The van der Waals surface area contributed by atoms with E-state index < -0.39 is 0 Å². The van der Waals surface area contributed by atoms with E-state index in [0.29, 0.717) is 11.8 Å². The summed E-state index contributed by atoms with van der Waals surface area (Å²) in [6.45, 7) is 0. The highest BCUT2D eigenvalue weighted by Gasteiger charge is 2.35. The van der Waals surface area contributed by atoms with Gasteiger partial charge in [-0.05, 0) is 36.5 Å². The summed E-state index contributed by atoms with van der Waals surface area (Å²) in [5.41, 5.74) is 8.30. The molecule has 78 valence electrons. The van der Waals surface area contributed by atoms with E-state index in [-0.39, 0.29) is 0 Å². The van der Waals surface area contributed by atoms with E-state index in [2.05, 4.69) is 11.1 Å². The number of fused-ring (bicyclic) bond motifs is 3. The van der Waals surface area contributed by atoms with Crippen LogP contribution in [0.3, 0.4) is 0 Å². The second-order valence-corrected chi connectivity index (χ2v) is 4.82. The summed E-state index contributed by atoms with van der Waals surface area (Å²) in [5.74, 6) is 1.85. The number of rotatable bonds is 0. The fourth-order valence-electron chi connectivity index (χ4n) is 2.84. The molecule has 1 heterocycles. The molecular weight excluding hydrogens is 208 g/mol. The number of amidine groups is 1. The maximum absolute atomic E-state index is 5.99. The molecule has 1 aliphatic carbocycles. The molecule has 1 aromatic rings. The van der Waals surface area contributed by atoms with Gasteiger partial charge in [-0.25, -0.2) is 4.99 Å². The standard InChI is InChI=1S/C12H13ClN2/c13-7-4-5-9-8-2-1-3-10(8)12(14)15-11(9)6-7/h4-6,8,10H,1-3H2,(H2,14,15). The molecule has 2 atom stereocenters. The molecule has 0 radical (unpaired) electrons. The van der Waals surface area contributed by atoms with Gasteiger partial charge in [0.2, 0.25) is 0 Å². The third kappa shape index (κ3) is 1.36. The van der Waals surface area contributed by atoms with Gasteiger partial charge in [0.15, 0.2) is 0 Å². The average Bonchev–Trinajstić information content (AvgIpc) is 2.66. The summed E-state index contributed by atoms with van der Waals surface area (Å²) in [6.07, 6.45) is 3.67. The van der Waals surface area contributed by atoms with Crippen LogP contribution in [0.15, 0.2) is 23.2 Å². The number of hydrogen-bond donors (Lipinski definition) is 1. The summed E-state index contributed by atoms with van der Waals surface area (Å²) >= 11 is 5.96. The van der Waals surface area contributed by atoms with Crippen molar-refractivity contribution >= 4 is 23.1 Å². The van der Waals surface area contributed by atoms with Crippen LogP contribution < -0.4 is 5.73 Å². The zero-order valence-electron chi connectivity index (χ0n) is 8.41. The van der Waals surface area contributed by atoms with Gasteiger partial charge in [-0.15, -0.1) is 0 Å². The van der Waals surface area contributed by atoms with Gasteiger partial charge in [0.05, 0.1) is 5.69 Å². The lowest BCUT2D eigenvalue weighted by Gasteiger charge is -2.25. The lowest BCUT2D eigenvalue weighted by atomic mass is 9.85. The summed E-state index contributed by atoms with van der Waals surface area (Å²) < 4.78 is 0. The number of hydrogen-bond acceptors (Lipinski definition) is 2. The van der Waals surface area contributed by atoms with Crippen LogP contribution in [0.25, 0.3) is 0 Å². The van der Waals surface area contributed by atoms with E-state index in [1.54, 1.807) is 0 Å². The molecule has 1 saturated carbocycles. The molecule has 3 heteroatoms. The molecule has 2 nitrogen and oxygen atoms in total. The average molecular weight is 221 g/mol. The smallest absolute Gasteiger partial charge is 0.103 e. The van der Waals surface area contributed by atoms with E-state index in [0.717, 1.165) is 16.5 Å². The number of aliphatic imine (C=N–C) groups is 1. The Morgan fingerprint density at radius 1 is 1.27 bits per heavy atom. The van der Waals surface area contributed by atoms with E-state index >= 15 is 0 Å². The van der Waals surface area contributed by atoms with Gasteiger partial charge in [0, 0.05) is 10.9 Å². The van der Waals surface area contributed by atoms with E-state index in [9.17, 15) is 0 Å². The Labute approximate surface area is 94.1 Å². The lowest BCUT2D eigenvalue weighted by Crippen LogP contribution is -2.28. The molecular formula is C12H13ClN2. The minimum atomic E-state index is 0.471.